The van der Waals surface area contributed by atoms with Crippen molar-refractivity contribution in [1.29, 1.82) is 0 Å². The lowest BCUT2D eigenvalue weighted by Crippen LogP contribution is -2.47. The van der Waals surface area contributed by atoms with Crippen LogP contribution in [0.2, 0.25) is 0 Å². The first-order valence-electron chi connectivity index (χ1n) is 11.9. The van der Waals surface area contributed by atoms with Crippen LogP contribution >= 0.6 is 0 Å². The number of pyridine rings is 1. The molecule has 0 bridgehead atoms. The number of hydrogen-bond donors (Lipinski definition) is 1. The van der Waals surface area contributed by atoms with Gasteiger partial charge in [0.2, 0.25) is 5.91 Å². The number of carbonyl (C=O) groups excluding carboxylic acids is 2. The average Bonchev–Trinajstić information content (AvgIpc) is 3.17. The summed E-state index contributed by atoms with van der Waals surface area (Å²) in [5.74, 6) is 0.232. The van der Waals surface area contributed by atoms with Crippen LogP contribution in [0, 0.1) is 0 Å². The van der Waals surface area contributed by atoms with E-state index in [4.69, 9.17) is 0 Å². The normalized spacial score (nSPS) is 21.9. The molecule has 7 nitrogen and oxygen atoms in total. The SMILES string of the molecule is O=C1Nc2cccnc2N(C(=O)CN2CCCCCC2CN2CCCC2)c2ccccc21. The zero-order chi connectivity index (χ0) is 21.9. The van der Waals surface area contributed by atoms with Gasteiger partial charge >= 0.3 is 0 Å². The maximum atomic E-state index is 13.8. The van der Waals surface area contributed by atoms with Crippen LogP contribution in [0.3, 0.4) is 0 Å². The van der Waals surface area contributed by atoms with Gasteiger partial charge < -0.3 is 10.2 Å². The van der Waals surface area contributed by atoms with Gasteiger partial charge in [0.15, 0.2) is 5.82 Å². The van der Waals surface area contributed by atoms with Gasteiger partial charge in [-0.05, 0) is 69.6 Å². The molecule has 0 spiro atoms. The summed E-state index contributed by atoms with van der Waals surface area (Å²) in [7, 11) is 0. The summed E-state index contributed by atoms with van der Waals surface area (Å²) in [6, 6.07) is 11.3. The molecular formula is C25H31N5O2. The fourth-order valence-corrected chi connectivity index (χ4v) is 5.25. The van der Waals surface area contributed by atoms with Crippen LogP contribution in [0.25, 0.3) is 0 Å². The number of rotatable bonds is 4. The third-order valence-electron chi connectivity index (χ3n) is 6.89. The van der Waals surface area contributed by atoms with Crippen LogP contribution in [0.5, 0.6) is 0 Å². The van der Waals surface area contributed by atoms with Crippen molar-refractivity contribution in [3.8, 4) is 0 Å². The third-order valence-corrected chi connectivity index (χ3v) is 6.89. The van der Waals surface area contributed by atoms with Crippen molar-refractivity contribution < 1.29 is 9.59 Å². The zero-order valence-electron chi connectivity index (χ0n) is 18.5. The van der Waals surface area contributed by atoms with Gasteiger partial charge in [0.05, 0.1) is 23.5 Å². The van der Waals surface area contributed by atoms with E-state index in [1.165, 1.54) is 38.8 Å². The predicted molar refractivity (Wildman–Crippen MR) is 125 cm³/mol. The number of benzene rings is 1. The lowest BCUT2D eigenvalue weighted by Gasteiger charge is -2.34. The Hall–Kier alpha value is -2.77. The topological polar surface area (TPSA) is 68.8 Å². The minimum absolute atomic E-state index is 0.0396. The molecule has 1 aromatic heterocycles. The molecule has 3 aliphatic rings. The highest BCUT2D eigenvalue weighted by Gasteiger charge is 2.33. The number of nitrogens with one attached hydrogen (secondary N) is 1. The van der Waals surface area contributed by atoms with Crippen LogP contribution in [-0.2, 0) is 4.79 Å². The molecule has 2 amide bonds. The first kappa shape index (κ1) is 21.1. The fourth-order valence-electron chi connectivity index (χ4n) is 5.25. The largest absolute Gasteiger partial charge is 0.319 e. The molecule has 2 aromatic rings. The molecular weight excluding hydrogens is 402 g/mol. The Bertz CT molecular complexity index is 988. The molecule has 0 radical (unpaired) electrons. The van der Waals surface area contributed by atoms with Crippen molar-refractivity contribution in [2.45, 2.75) is 44.6 Å². The van der Waals surface area contributed by atoms with Gasteiger partial charge in [0, 0.05) is 18.8 Å². The summed E-state index contributed by atoms with van der Waals surface area (Å²) in [5, 5.41) is 2.92. The van der Waals surface area contributed by atoms with E-state index in [1.54, 1.807) is 29.3 Å². The quantitative estimate of drug-likeness (QED) is 0.797. The molecule has 1 N–H and O–H groups in total. The lowest BCUT2D eigenvalue weighted by molar-refractivity contribution is -0.119. The Morgan fingerprint density at radius 3 is 2.69 bits per heavy atom. The molecule has 3 aliphatic heterocycles. The van der Waals surface area contributed by atoms with Crippen LogP contribution < -0.4 is 10.2 Å². The molecule has 2 saturated heterocycles. The van der Waals surface area contributed by atoms with Crippen molar-refractivity contribution >= 4 is 29.0 Å². The highest BCUT2D eigenvalue weighted by molar-refractivity contribution is 6.17. The Morgan fingerprint density at radius 1 is 1.00 bits per heavy atom. The fraction of sp³-hybridized carbons (Fsp3) is 0.480. The Balaban J connectivity index is 1.45. The van der Waals surface area contributed by atoms with Gasteiger partial charge in [-0.2, -0.15) is 0 Å². The van der Waals surface area contributed by atoms with Crippen LogP contribution in [0.4, 0.5) is 17.2 Å². The van der Waals surface area contributed by atoms with Gasteiger partial charge in [-0.15, -0.1) is 0 Å². The molecule has 7 heteroatoms. The number of para-hydroxylation sites is 1. The van der Waals surface area contributed by atoms with Gasteiger partial charge in [-0.25, -0.2) is 4.98 Å². The van der Waals surface area contributed by atoms with E-state index in [9.17, 15) is 9.59 Å². The second-order valence-corrected chi connectivity index (χ2v) is 9.06. The summed E-state index contributed by atoms with van der Waals surface area (Å²) in [6.45, 7) is 4.65. The summed E-state index contributed by atoms with van der Waals surface area (Å²) >= 11 is 0. The summed E-state index contributed by atoms with van der Waals surface area (Å²) in [6.07, 6.45) is 8.92. The summed E-state index contributed by atoms with van der Waals surface area (Å²) < 4.78 is 0. The van der Waals surface area contributed by atoms with E-state index in [-0.39, 0.29) is 11.8 Å². The highest BCUT2D eigenvalue weighted by atomic mass is 16.2. The lowest BCUT2D eigenvalue weighted by atomic mass is 10.1. The second-order valence-electron chi connectivity index (χ2n) is 9.06. The van der Waals surface area contributed by atoms with E-state index in [0.717, 1.165) is 25.9 Å². The summed E-state index contributed by atoms with van der Waals surface area (Å²) in [4.78, 5) is 37.7. The first-order chi connectivity index (χ1) is 15.7. The average molecular weight is 434 g/mol. The maximum Gasteiger partial charge on any atom is 0.257 e. The highest BCUT2D eigenvalue weighted by Crippen LogP contribution is 2.36. The second kappa shape index (κ2) is 9.38. The smallest absolute Gasteiger partial charge is 0.257 e. The Morgan fingerprint density at radius 2 is 1.81 bits per heavy atom. The minimum Gasteiger partial charge on any atom is -0.319 e. The van der Waals surface area contributed by atoms with Gasteiger partial charge in [0.25, 0.3) is 5.91 Å². The number of carbonyl (C=O) groups is 2. The molecule has 168 valence electrons. The van der Waals surface area contributed by atoms with Crippen LogP contribution in [0.15, 0.2) is 42.6 Å². The number of aromatic nitrogens is 1. The van der Waals surface area contributed by atoms with Crippen molar-refractivity contribution in [2.24, 2.45) is 0 Å². The first-order valence-corrected chi connectivity index (χ1v) is 11.9. The number of fused-ring (bicyclic) bond motifs is 2. The van der Waals surface area contributed by atoms with E-state index >= 15 is 0 Å². The van der Waals surface area contributed by atoms with Crippen molar-refractivity contribution in [1.82, 2.24) is 14.8 Å². The Labute approximate surface area is 189 Å². The van der Waals surface area contributed by atoms with Gasteiger partial charge in [0.1, 0.15) is 0 Å². The molecule has 32 heavy (non-hydrogen) atoms. The predicted octanol–water partition coefficient (Wildman–Crippen LogP) is 3.65. The molecule has 0 aliphatic carbocycles. The Kier molecular flexibility index (Phi) is 6.19. The molecule has 2 fully saturated rings. The van der Waals surface area contributed by atoms with E-state index in [0.29, 0.717) is 35.3 Å². The number of nitrogens with zero attached hydrogens (tertiary/aromatic N) is 4. The van der Waals surface area contributed by atoms with Crippen molar-refractivity contribution in [3.63, 3.8) is 0 Å². The number of amides is 2. The monoisotopic (exact) mass is 433 g/mol. The molecule has 1 atom stereocenters. The standard InChI is InChI=1S/C25H31N5O2/c31-23(18-29-16-5-1-2-9-19(29)17-28-14-6-7-15-28)30-22-12-4-3-10-20(22)25(32)27-21-11-8-13-26-24(21)30/h3-4,8,10-13,19H,1-2,5-7,9,14-18H2,(H,27,32). The number of likely N-dealkylation sites (tertiary alicyclic amines) is 2. The summed E-state index contributed by atoms with van der Waals surface area (Å²) in [5.41, 5.74) is 1.65. The molecule has 1 unspecified atom stereocenters. The third kappa shape index (κ3) is 4.27. The molecule has 5 rings (SSSR count). The molecule has 1 aromatic carbocycles. The van der Waals surface area contributed by atoms with Crippen molar-refractivity contribution in [2.75, 3.05) is 42.9 Å². The molecule has 0 saturated carbocycles. The number of hydrogen-bond acceptors (Lipinski definition) is 5. The van der Waals surface area contributed by atoms with Crippen LogP contribution in [-0.4, -0.2) is 65.4 Å². The van der Waals surface area contributed by atoms with E-state index in [1.807, 2.05) is 18.2 Å². The van der Waals surface area contributed by atoms with Crippen LogP contribution in [0.1, 0.15) is 48.9 Å². The van der Waals surface area contributed by atoms with Gasteiger partial charge in [-0.3, -0.25) is 19.4 Å². The zero-order valence-corrected chi connectivity index (χ0v) is 18.5. The maximum absolute atomic E-state index is 13.8. The molecule has 4 heterocycles. The van der Waals surface area contributed by atoms with E-state index < -0.39 is 0 Å². The number of anilines is 3. The van der Waals surface area contributed by atoms with E-state index in [2.05, 4.69) is 20.1 Å². The van der Waals surface area contributed by atoms with Gasteiger partial charge in [-0.1, -0.05) is 25.0 Å². The minimum atomic E-state index is -0.216. The van der Waals surface area contributed by atoms with Crippen molar-refractivity contribution in [3.05, 3.63) is 48.2 Å².